The molecule has 6 heteroatoms. The Hall–Kier alpha value is 0.233. The first-order valence-electron chi connectivity index (χ1n) is 8.63. The van der Waals surface area contributed by atoms with Gasteiger partial charge in [0.2, 0.25) is 5.79 Å². The zero-order valence-electron chi connectivity index (χ0n) is 15.4. The molecule has 0 aromatic heterocycles. The second-order valence-corrected chi connectivity index (χ2v) is 5.52. The van der Waals surface area contributed by atoms with Crippen LogP contribution in [0.5, 0.6) is 0 Å². The largest absolute Gasteiger partial charge is 1.00 e. The quantitative estimate of drug-likeness (QED) is 0.413. The Bertz CT molecular complexity index is 303. The molecular weight excluding hydrogens is 375 g/mol. The van der Waals surface area contributed by atoms with Crippen LogP contribution in [0.2, 0.25) is 0 Å². The van der Waals surface area contributed by atoms with Crippen LogP contribution >= 0.6 is 0 Å². The number of carbonyl (C=O) groups excluding carboxylic acids is 1. The standard InChI is InChI=1S/C17H34O5.Zr/c1-6-11-17(21-13-8-3,22-14-9-4)16(10-5,15(18)19)20-12-7-2;/h6-14H2,1-5H3,(H,18,19);/q;+1/p-1. The summed E-state index contributed by atoms with van der Waals surface area (Å²) in [4.78, 5) is 12.0. The third-order valence-corrected chi connectivity index (χ3v) is 3.65. The summed E-state index contributed by atoms with van der Waals surface area (Å²) in [5.41, 5.74) is -1.58. The number of hydrogen-bond acceptors (Lipinski definition) is 5. The summed E-state index contributed by atoms with van der Waals surface area (Å²) in [6.07, 6.45) is 3.71. The molecule has 0 aromatic carbocycles. The molecule has 0 N–H and O–H groups in total. The maximum Gasteiger partial charge on any atom is 1.00 e. The molecular formula is C17H33O5Zr. The predicted molar refractivity (Wildman–Crippen MR) is 84.4 cm³/mol. The van der Waals surface area contributed by atoms with E-state index in [-0.39, 0.29) is 32.6 Å². The van der Waals surface area contributed by atoms with E-state index in [0.29, 0.717) is 26.2 Å². The van der Waals surface area contributed by atoms with Crippen molar-refractivity contribution in [2.45, 2.75) is 84.5 Å². The Morgan fingerprint density at radius 3 is 1.57 bits per heavy atom. The van der Waals surface area contributed by atoms with Gasteiger partial charge in [-0.2, -0.15) is 0 Å². The minimum Gasteiger partial charge on any atom is -0.547 e. The van der Waals surface area contributed by atoms with E-state index in [2.05, 4.69) is 0 Å². The number of carboxylic acids is 1. The number of aliphatic carboxylic acids is 1. The van der Waals surface area contributed by atoms with Crippen molar-refractivity contribution in [3.8, 4) is 0 Å². The molecule has 0 rings (SSSR count). The third kappa shape index (κ3) is 6.57. The van der Waals surface area contributed by atoms with Crippen LogP contribution < -0.4 is 5.11 Å². The molecule has 0 amide bonds. The molecule has 0 saturated carbocycles. The fourth-order valence-electron chi connectivity index (χ4n) is 2.60. The van der Waals surface area contributed by atoms with Crippen molar-refractivity contribution in [3.63, 3.8) is 0 Å². The number of ether oxygens (including phenoxy) is 3. The van der Waals surface area contributed by atoms with Gasteiger partial charge in [-0.05, 0) is 25.7 Å². The van der Waals surface area contributed by atoms with E-state index in [1.165, 1.54) is 0 Å². The van der Waals surface area contributed by atoms with Crippen LogP contribution in [0.15, 0.2) is 0 Å². The van der Waals surface area contributed by atoms with Gasteiger partial charge in [-0.15, -0.1) is 0 Å². The second-order valence-electron chi connectivity index (χ2n) is 5.52. The van der Waals surface area contributed by atoms with Gasteiger partial charge in [0.05, 0.1) is 5.97 Å². The fraction of sp³-hybridized carbons (Fsp3) is 0.941. The van der Waals surface area contributed by atoms with Crippen LogP contribution in [0.25, 0.3) is 0 Å². The number of carboxylic acid groups (broad SMARTS) is 1. The summed E-state index contributed by atoms with van der Waals surface area (Å²) in [5, 5.41) is 12.0. The Kier molecular flexibility index (Phi) is 15.0. The average Bonchev–Trinajstić information content (AvgIpc) is 2.51. The van der Waals surface area contributed by atoms with E-state index >= 15 is 0 Å². The minimum atomic E-state index is -1.58. The van der Waals surface area contributed by atoms with E-state index in [1.807, 2.05) is 27.7 Å². The van der Waals surface area contributed by atoms with Gasteiger partial charge in [0.15, 0.2) is 5.60 Å². The molecule has 1 unspecified atom stereocenters. The number of hydrogen-bond donors (Lipinski definition) is 0. The van der Waals surface area contributed by atoms with Crippen LogP contribution in [-0.2, 0) is 45.2 Å². The second kappa shape index (κ2) is 13.5. The van der Waals surface area contributed by atoms with E-state index in [0.717, 1.165) is 25.7 Å². The van der Waals surface area contributed by atoms with Crippen molar-refractivity contribution in [1.82, 2.24) is 0 Å². The molecule has 0 aliphatic rings. The van der Waals surface area contributed by atoms with Crippen molar-refractivity contribution in [1.29, 1.82) is 0 Å². The maximum atomic E-state index is 12.0. The van der Waals surface area contributed by atoms with E-state index in [1.54, 1.807) is 6.92 Å². The van der Waals surface area contributed by atoms with E-state index in [9.17, 15) is 9.90 Å². The van der Waals surface area contributed by atoms with Gasteiger partial charge in [0.1, 0.15) is 0 Å². The van der Waals surface area contributed by atoms with Gasteiger partial charge in [-0.3, -0.25) is 0 Å². The van der Waals surface area contributed by atoms with Gasteiger partial charge in [-0.1, -0.05) is 41.0 Å². The van der Waals surface area contributed by atoms with Crippen molar-refractivity contribution in [3.05, 3.63) is 0 Å². The van der Waals surface area contributed by atoms with Gasteiger partial charge >= 0.3 is 26.2 Å². The van der Waals surface area contributed by atoms with Crippen LogP contribution in [-0.4, -0.2) is 37.2 Å². The molecule has 1 radical (unpaired) electrons. The molecule has 0 saturated heterocycles. The Balaban J connectivity index is 0. The zero-order chi connectivity index (χ0) is 17.1. The van der Waals surface area contributed by atoms with Gasteiger partial charge < -0.3 is 24.1 Å². The van der Waals surface area contributed by atoms with Crippen molar-refractivity contribution >= 4 is 5.97 Å². The van der Waals surface area contributed by atoms with Crippen LogP contribution in [0.3, 0.4) is 0 Å². The summed E-state index contributed by atoms with van der Waals surface area (Å²) in [5.74, 6) is -2.56. The Morgan fingerprint density at radius 2 is 1.26 bits per heavy atom. The average molecular weight is 409 g/mol. The van der Waals surface area contributed by atoms with Crippen molar-refractivity contribution in [2.24, 2.45) is 0 Å². The summed E-state index contributed by atoms with van der Waals surface area (Å²) in [6.45, 7) is 10.8. The summed E-state index contributed by atoms with van der Waals surface area (Å²) in [6, 6.07) is 0. The SMILES string of the molecule is CCCOC(CCC)(OCCC)C(CC)(OCCC)C(=O)[O-].[Zr+]. The van der Waals surface area contributed by atoms with Gasteiger partial charge in [0.25, 0.3) is 0 Å². The predicted octanol–water partition coefficient (Wildman–Crippen LogP) is 2.66. The summed E-state index contributed by atoms with van der Waals surface area (Å²) in [7, 11) is 0. The van der Waals surface area contributed by atoms with E-state index in [4.69, 9.17) is 14.2 Å². The van der Waals surface area contributed by atoms with Crippen molar-refractivity contribution < 1.29 is 50.3 Å². The van der Waals surface area contributed by atoms with Crippen LogP contribution in [0.4, 0.5) is 0 Å². The zero-order valence-corrected chi connectivity index (χ0v) is 17.9. The minimum absolute atomic E-state index is 0. The monoisotopic (exact) mass is 407 g/mol. The van der Waals surface area contributed by atoms with E-state index < -0.39 is 17.4 Å². The molecule has 0 fully saturated rings. The Morgan fingerprint density at radius 1 is 0.826 bits per heavy atom. The first-order chi connectivity index (χ1) is 10.5. The molecule has 23 heavy (non-hydrogen) atoms. The third-order valence-electron chi connectivity index (χ3n) is 3.65. The summed E-state index contributed by atoms with van der Waals surface area (Å²) >= 11 is 0. The smallest absolute Gasteiger partial charge is 0.547 e. The van der Waals surface area contributed by atoms with Gasteiger partial charge in [0, 0.05) is 26.2 Å². The first-order valence-corrected chi connectivity index (χ1v) is 8.63. The van der Waals surface area contributed by atoms with Crippen LogP contribution in [0.1, 0.15) is 73.1 Å². The first kappa shape index (κ1) is 25.5. The molecule has 1 atom stereocenters. The molecule has 0 aromatic rings. The molecule has 0 aliphatic heterocycles. The van der Waals surface area contributed by atoms with Gasteiger partial charge in [-0.25, -0.2) is 0 Å². The molecule has 0 spiro atoms. The topological polar surface area (TPSA) is 67.8 Å². The Labute approximate surface area is 160 Å². The molecule has 135 valence electrons. The maximum absolute atomic E-state index is 12.0. The molecule has 0 bridgehead atoms. The number of rotatable bonds is 14. The summed E-state index contributed by atoms with van der Waals surface area (Å²) < 4.78 is 17.7. The molecule has 5 nitrogen and oxygen atoms in total. The van der Waals surface area contributed by atoms with Crippen LogP contribution in [0, 0.1) is 0 Å². The number of carbonyl (C=O) groups is 1. The fourth-order valence-corrected chi connectivity index (χ4v) is 2.60. The molecule has 0 aliphatic carbocycles. The van der Waals surface area contributed by atoms with Crippen molar-refractivity contribution in [2.75, 3.05) is 19.8 Å². The molecule has 0 heterocycles. The normalized spacial score (nSPS) is 14.1.